The van der Waals surface area contributed by atoms with E-state index in [-0.39, 0.29) is 16.7 Å². The predicted octanol–water partition coefficient (Wildman–Crippen LogP) is 4.49. The van der Waals surface area contributed by atoms with Gasteiger partial charge in [0.15, 0.2) is 5.78 Å². The van der Waals surface area contributed by atoms with Crippen molar-refractivity contribution in [1.82, 2.24) is 0 Å². The van der Waals surface area contributed by atoms with Gasteiger partial charge in [0.25, 0.3) is 0 Å². The second kappa shape index (κ2) is 4.52. The number of carbonyl (C=O) groups excluding carboxylic acids is 1. The maximum Gasteiger partial charge on any atom is 0.166 e. The Morgan fingerprint density at radius 3 is 2.29 bits per heavy atom. The number of rotatable bonds is 2. The Bertz CT molecular complexity index is 372. The summed E-state index contributed by atoms with van der Waals surface area (Å²) in [7, 11) is 0. The highest BCUT2D eigenvalue weighted by Crippen LogP contribution is 2.31. The van der Waals surface area contributed by atoms with E-state index in [4.69, 9.17) is 34.8 Å². The molecule has 0 aliphatic heterocycles. The Labute approximate surface area is 98.0 Å². The molecule has 0 aliphatic carbocycles. The fourth-order valence-electron chi connectivity index (χ4n) is 1.05. The third-order valence-corrected chi connectivity index (χ3v) is 2.80. The number of halogens is 3. The lowest BCUT2D eigenvalue weighted by atomic mass is 10.0. The molecule has 1 aromatic rings. The van der Waals surface area contributed by atoms with Crippen molar-refractivity contribution in [3.05, 3.63) is 32.8 Å². The van der Waals surface area contributed by atoms with Gasteiger partial charge in [-0.2, -0.15) is 0 Å². The van der Waals surface area contributed by atoms with Crippen LogP contribution < -0.4 is 0 Å². The summed E-state index contributed by atoms with van der Waals surface area (Å²) in [6, 6.07) is 3.06. The van der Waals surface area contributed by atoms with Crippen molar-refractivity contribution < 1.29 is 4.79 Å². The van der Waals surface area contributed by atoms with E-state index in [2.05, 4.69) is 0 Å². The molecule has 0 aromatic heterocycles. The summed E-state index contributed by atoms with van der Waals surface area (Å²) >= 11 is 17.5. The minimum atomic E-state index is -0.123. The first-order chi connectivity index (χ1) is 6.43. The number of benzene rings is 1. The van der Waals surface area contributed by atoms with E-state index in [1.807, 2.05) is 0 Å². The van der Waals surface area contributed by atoms with Crippen LogP contribution in [0.25, 0.3) is 0 Å². The van der Waals surface area contributed by atoms with E-state index in [9.17, 15) is 4.79 Å². The molecule has 14 heavy (non-hydrogen) atoms. The lowest BCUT2D eigenvalue weighted by molar-refractivity contribution is 0.0939. The van der Waals surface area contributed by atoms with Crippen LogP contribution in [0.2, 0.25) is 15.1 Å². The monoisotopic (exact) mass is 250 g/mol. The Hall–Kier alpha value is -0.240. The number of ketones is 1. The molecule has 0 N–H and O–H groups in total. The third-order valence-electron chi connectivity index (χ3n) is 1.78. The largest absolute Gasteiger partial charge is 0.294 e. The van der Waals surface area contributed by atoms with Gasteiger partial charge in [0.2, 0.25) is 0 Å². The van der Waals surface area contributed by atoms with E-state index < -0.39 is 0 Å². The molecule has 0 bridgehead atoms. The van der Waals surface area contributed by atoms with Gasteiger partial charge in [0.1, 0.15) is 0 Å². The van der Waals surface area contributed by atoms with Crippen molar-refractivity contribution in [3.63, 3.8) is 0 Å². The predicted molar refractivity (Wildman–Crippen MR) is 60.6 cm³/mol. The van der Waals surface area contributed by atoms with Crippen LogP contribution in [0.5, 0.6) is 0 Å². The second-order valence-corrected chi connectivity index (χ2v) is 4.49. The second-order valence-electron chi connectivity index (χ2n) is 3.27. The smallest absolute Gasteiger partial charge is 0.166 e. The van der Waals surface area contributed by atoms with Crippen molar-refractivity contribution in [2.45, 2.75) is 13.8 Å². The lowest BCUT2D eigenvalue weighted by Gasteiger charge is -2.08. The molecule has 0 fully saturated rings. The molecule has 0 amide bonds. The van der Waals surface area contributed by atoms with Crippen LogP contribution in [0.15, 0.2) is 12.1 Å². The first-order valence-electron chi connectivity index (χ1n) is 4.12. The highest BCUT2D eigenvalue weighted by molar-refractivity contribution is 6.45. The van der Waals surface area contributed by atoms with E-state index in [0.717, 1.165) is 0 Å². The minimum absolute atomic E-state index is 0.0561. The van der Waals surface area contributed by atoms with Gasteiger partial charge in [-0.3, -0.25) is 4.79 Å². The highest BCUT2D eigenvalue weighted by Gasteiger charge is 2.16. The SMILES string of the molecule is CC(C)C(=O)c1cc(Cl)cc(Cl)c1Cl. The topological polar surface area (TPSA) is 17.1 Å². The summed E-state index contributed by atoms with van der Waals surface area (Å²) in [5, 5.41) is 1.00. The van der Waals surface area contributed by atoms with Crippen molar-refractivity contribution >= 4 is 40.6 Å². The Morgan fingerprint density at radius 1 is 1.21 bits per heavy atom. The molecule has 1 rings (SSSR count). The Balaban J connectivity index is 3.27. The first-order valence-corrected chi connectivity index (χ1v) is 5.25. The van der Waals surface area contributed by atoms with Crippen LogP contribution in [0.1, 0.15) is 24.2 Å². The summed E-state index contributed by atoms with van der Waals surface area (Å²) < 4.78 is 0. The van der Waals surface area contributed by atoms with E-state index >= 15 is 0 Å². The van der Waals surface area contributed by atoms with Crippen LogP contribution in [0, 0.1) is 5.92 Å². The van der Waals surface area contributed by atoms with E-state index in [1.165, 1.54) is 12.1 Å². The molecule has 0 atom stereocenters. The summed E-state index contributed by atoms with van der Waals surface area (Å²) in [6.45, 7) is 3.60. The number of hydrogen-bond donors (Lipinski definition) is 0. The number of Topliss-reactive ketones (excluding diaryl/α,β-unsaturated/α-hetero) is 1. The van der Waals surface area contributed by atoms with Crippen LogP contribution in [-0.4, -0.2) is 5.78 Å². The van der Waals surface area contributed by atoms with Gasteiger partial charge < -0.3 is 0 Å². The molecular weight excluding hydrogens is 242 g/mol. The number of hydrogen-bond acceptors (Lipinski definition) is 1. The molecule has 0 aliphatic rings. The maximum atomic E-state index is 11.7. The fraction of sp³-hybridized carbons (Fsp3) is 0.300. The minimum Gasteiger partial charge on any atom is -0.294 e. The van der Waals surface area contributed by atoms with Gasteiger partial charge >= 0.3 is 0 Å². The van der Waals surface area contributed by atoms with Crippen LogP contribution in [0.3, 0.4) is 0 Å². The highest BCUT2D eigenvalue weighted by atomic mass is 35.5. The first kappa shape index (κ1) is 11.8. The zero-order valence-corrected chi connectivity index (χ0v) is 10.0. The summed E-state index contributed by atoms with van der Waals surface area (Å²) in [4.78, 5) is 11.7. The summed E-state index contributed by atoms with van der Waals surface area (Å²) in [6.07, 6.45) is 0. The molecule has 0 saturated carbocycles. The maximum absolute atomic E-state index is 11.7. The van der Waals surface area contributed by atoms with E-state index in [1.54, 1.807) is 13.8 Å². The molecule has 1 aromatic carbocycles. The van der Waals surface area contributed by atoms with E-state index in [0.29, 0.717) is 15.6 Å². The van der Waals surface area contributed by atoms with Gasteiger partial charge in [-0.05, 0) is 12.1 Å². The average molecular weight is 252 g/mol. The van der Waals surface area contributed by atoms with Gasteiger partial charge in [-0.1, -0.05) is 48.7 Å². The zero-order valence-electron chi connectivity index (χ0n) is 7.77. The van der Waals surface area contributed by atoms with Crippen molar-refractivity contribution in [3.8, 4) is 0 Å². The molecule has 0 radical (unpaired) electrons. The van der Waals surface area contributed by atoms with Crippen molar-refractivity contribution in [1.29, 1.82) is 0 Å². The molecule has 4 heteroatoms. The lowest BCUT2D eigenvalue weighted by Crippen LogP contribution is -2.08. The molecule has 0 saturated heterocycles. The van der Waals surface area contributed by atoms with Crippen molar-refractivity contribution in [2.24, 2.45) is 5.92 Å². The van der Waals surface area contributed by atoms with Gasteiger partial charge in [-0.25, -0.2) is 0 Å². The Kier molecular flexibility index (Phi) is 3.82. The van der Waals surface area contributed by atoms with Crippen molar-refractivity contribution in [2.75, 3.05) is 0 Å². The van der Waals surface area contributed by atoms with Gasteiger partial charge in [-0.15, -0.1) is 0 Å². The molecule has 0 heterocycles. The molecular formula is C10H9Cl3O. The zero-order chi connectivity index (χ0) is 10.9. The van der Waals surface area contributed by atoms with Crippen LogP contribution >= 0.6 is 34.8 Å². The van der Waals surface area contributed by atoms with Gasteiger partial charge in [0, 0.05) is 16.5 Å². The third kappa shape index (κ3) is 2.41. The van der Waals surface area contributed by atoms with Crippen LogP contribution in [-0.2, 0) is 0 Å². The van der Waals surface area contributed by atoms with Gasteiger partial charge in [0.05, 0.1) is 10.0 Å². The molecule has 76 valence electrons. The Morgan fingerprint density at radius 2 is 1.79 bits per heavy atom. The average Bonchev–Trinajstić information content (AvgIpc) is 2.09. The quantitative estimate of drug-likeness (QED) is 0.559. The summed E-state index contributed by atoms with van der Waals surface area (Å²) in [5.41, 5.74) is 0.388. The fourth-order valence-corrected chi connectivity index (χ4v) is 1.74. The standard InChI is InChI=1S/C10H9Cl3O/c1-5(2)10(14)7-3-6(11)4-8(12)9(7)13/h3-5H,1-2H3. The molecule has 1 nitrogen and oxygen atoms in total. The molecule has 0 unspecified atom stereocenters. The molecule has 0 spiro atoms. The van der Waals surface area contributed by atoms with Crippen LogP contribution in [0.4, 0.5) is 0 Å². The normalized spacial score (nSPS) is 10.7. The number of carbonyl (C=O) groups is 1. The summed E-state index contributed by atoms with van der Waals surface area (Å²) in [5.74, 6) is -0.179.